The molecule has 0 rings (SSSR count). The molecule has 0 aliphatic heterocycles. The van der Waals surface area contributed by atoms with E-state index in [0.29, 0.717) is 0 Å². The van der Waals surface area contributed by atoms with Gasteiger partial charge in [-0.1, -0.05) is 0 Å². The molecule has 0 N–H and O–H groups in total. The van der Waals surface area contributed by atoms with E-state index in [4.69, 9.17) is 29.2 Å². The summed E-state index contributed by atoms with van der Waals surface area (Å²) >= 11 is 0. The van der Waals surface area contributed by atoms with E-state index < -0.39 is 28.9 Å². The van der Waals surface area contributed by atoms with Gasteiger partial charge in [-0.05, 0) is 55.4 Å². The first-order valence-electron chi connectivity index (χ1n) is 7.34. The summed E-state index contributed by atoms with van der Waals surface area (Å²) in [6, 6.07) is 0. The molecule has 0 aromatic heterocycles. The van der Waals surface area contributed by atoms with Crippen LogP contribution in [0.25, 0.3) is 0 Å². The normalized spacial score (nSPS) is 13.8. The molecule has 0 aliphatic rings. The topological polar surface area (TPSA) is 81.7 Å². The minimum absolute atomic E-state index is 0.540. The van der Waals surface area contributed by atoms with E-state index in [2.05, 4.69) is 4.89 Å². The van der Waals surface area contributed by atoms with Gasteiger partial charge in [0.05, 0.1) is 11.2 Å². The number of hydrogen-bond donors (Lipinski definition) is 0. The zero-order valence-corrected chi connectivity index (χ0v) is 15.8. The van der Waals surface area contributed by atoms with Gasteiger partial charge in [0.15, 0.2) is 0 Å². The Balaban J connectivity index is 4.28. The fraction of sp³-hybridized carbons (Fsp3) is 0.933. The van der Waals surface area contributed by atoms with E-state index in [-0.39, 0.29) is 0 Å². The molecule has 0 saturated heterocycles. The second kappa shape index (κ2) is 7.76. The van der Waals surface area contributed by atoms with E-state index in [0.717, 1.165) is 0 Å². The van der Waals surface area contributed by atoms with Crippen LogP contribution in [0, 0.1) is 0 Å². The quantitative estimate of drug-likeness (QED) is 0.298. The number of carbonyl (C=O) groups excluding carboxylic acids is 1. The van der Waals surface area contributed by atoms with E-state index in [9.17, 15) is 4.79 Å². The average molecular weight is 338 g/mol. The molecule has 138 valence electrons. The van der Waals surface area contributed by atoms with Crippen molar-refractivity contribution < 1.29 is 38.9 Å². The maximum Gasteiger partial charge on any atom is 0.543 e. The highest BCUT2D eigenvalue weighted by Crippen LogP contribution is 2.20. The highest BCUT2D eigenvalue weighted by molar-refractivity contribution is 5.59. The van der Waals surface area contributed by atoms with Gasteiger partial charge in [-0.15, -0.1) is 4.89 Å². The van der Waals surface area contributed by atoms with Crippen LogP contribution in [0.5, 0.6) is 0 Å². The average Bonchev–Trinajstić information content (AvgIpc) is 2.30. The van der Waals surface area contributed by atoms with Crippen LogP contribution in [0.2, 0.25) is 0 Å². The number of ether oxygens (including phenoxy) is 1. The predicted molar refractivity (Wildman–Crippen MR) is 80.7 cm³/mol. The molecule has 0 fully saturated rings. The van der Waals surface area contributed by atoms with E-state index in [1.165, 1.54) is 27.7 Å². The molecule has 0 radical (unpaired) electrons. The van der Waals surface area contributed by atoms with Crippen LogP contribution in [0.3, 0.4) is 0 Å². The molecule has 0 bridgehead atoms. The van der Waals surface area contributed by atoms with Crippen molar-refractivity contribution in [2.24, 2.45) is 0 Å². The van der Waals surface area contributed by atoms with E-state index in [1.807, 2.05) is 0 Å². The summed E-state index contributed by atoms with van der Waals surface area (Å²) in [5.74, 6) is -2.68. The molecular formula is C15H30O8. The van der Waals surface area contributed by atoms with Gasteiger partial charge in [-0.3, -0.25) is 4.89 Å². The molecule has 0 spiro atoms. The Morgan fingerprint density at radius 2 is 0.957 bits per heavy atom. The fourth-order valence-electron chi connectivity index (χ4n) is 0.834. The highest BCUT2D eigenvalue weighted by Gasteiger charge is 2.32. The van der Waals surface area contributed by atoms with Gasteiger partial charge < -0.3 is 4.74 Å². The molecule has 23 heavy (non-hydrogen) atoms. The van der Waals surface area contributed by atoms with Gasteiger partial charge in [0.2, 0.25) is 11.6 Å². The largest absolute Gasteiger partial charge is 0.543 e. The first-order valence-corrected chi connectivity index (χ1v) is 7.34. The summed E-state index contributed by atoms with van der Waals surface area (Å²) < 4.78 is 4.94. The van der Waals surface area contributed by atoms with Crippen molar-refractivity contribution in [3.63, 3.8) is 0 Å². The minimum atomic E-state index is -1.36. The molecule has 0 aliphatic carbocycles. The van der Waals surface area contributed by atoms with Crippen molar-refractivity contribution >= 4 is 6.16 Å². The van der Waals surface area contributed by atoms with Crippen LogP contribution < -0.4 is 0 Å². The highest BCUT2D eigenvalue weighted by atomic mass is 17.3. The SMILES string of the molecule is CC(C)(C)OOC(C)(C)OOC(=O)OC(C)(C)OOC(C)(C)C. The summed E-state index contributed by atoms with van der Waals surface area (Å²) in [5.41, 5.74) is -1.09. The molecule has 8 nitrogen and oxygen atoms in total. The number of carbonyl (C=O) groups is 1. The summed E-state index contributed by atoms with van der Waals surface area (Å²) in [4.78, 5) is 41.3. The lowest BCUT2D eigenvalue weighted by atomic mass is 10.2. The van der Waals surface area contributed by atoms with Crippen molar-refractivity contribution in [1.82, 2.24) is 0 Å². The monoisotopic (exact) mass is 338 g/mol. The Kier molecular flexibility index (Phi) is 7.45. The molecule has 0 saturated carbocycles. The second-order valence-corrected chi connectivity index (χ2v) is 7.88. The van der Waals surface area contributed by atoms with E-state index in [1.54, 1.807) is 41.5 Å². The van der Waals surface area contributed by atoms with Crippen molar-refractivity contribution in [2.45, 2.75) is 92.0 Å². The van der Waals surface area contributed by atoms with Gasteiger partial charge in [-0.25, -0.2) is 14.6 Å². The summed E-state index contributed by atoms with van der Waals surface area (Å²) in [5, 5.41) is 0. The van der Waals surface area contributed by atoms with Crippen LogP contribution in [-0.2, 0) is 34.1 Å². The number of hydrogen-bond acceptors (Lipinski definition) is 8. The third kappa shape index (κ3) is 13.2. The smallest absolute Gasteiger partial charge is 0.398 e. The third-order valence-electron chi connectivity index (χ3n) is 1.62. The molecule has 0 aromatic carbocycles. The van der Waals surface area contributed by atoms with Gasteiger partial charge in [0.1, 0.15) is 0 Å². The maximum atomic E-state index is 11.6. The van der Waals surface area contributed by atoms with Crippen molar-refractivity contribution in [3.8, 4) is 0 Å². The molecular weight excluding hydrogens is 308 g/mol. The van der Waals surface area contributed by atoms with Gasteiger partial charge >= 0.3 is 6.16 Å². The maximum absolute atomic E-state index is 11.6. The van der Waals surface area contributed by atoms with Crippen LogP contribution in [0.15, 0.2) is 0 Å². The lowest BCUT2D eigenvalue weighted by molar-refractivity contribution is -0.508. The summed E-state index contributed by atoms with van der Waals surface area (Å²) in [6.07, 6.45) is -1.11. The molecule has 0 heterocycles. The molecule has 0 unspecified atom stereocenters. The van der Waals surface area contributed by atoms with Gasteiger partial charge in [-0.2, -0.15) is 9.78 Å². The minimum Gasteiger partial charge on any atom is -0.398 e. The fourth-order valence-corrected chi connectivity index (χ4v) is 0.834. The Morgan fingerprint density at radius 1 is 0.565 bits per heavy atom. The Hall–Kier alpha value is -0.930. The Labute approximate surface area is 138 Å². The zero-order valence-electron chi connectivity index (χ0n) is 15.8. The second-order valence-electron chi connectivity index (χ2n) is 7.88. The van der Waals surface area contributed by atoms with Crippen LogP contribution in [-0.4, -0.2) is 28.9 Å². The summed E-state index contributed by atoms with van der Waals surface area (Å²) in [6.45, 7) is 16.8. The molecule has 0 aromatic rings. The molecule has 0 amide bonds. The third-order valence-corrected chi connectivity index (χ3v) is 1.62. The standard InChI is InChI=1S/C15H30O8/c1-12(2,3)19-22-14(7,8)17-11(16)18-21-15(9,10)23-20-13(4,5)6/h1-10H3. The Morgan fingerprint density at radius 3 is 1.35 bits per heavy atom. The van der Waals surface area contributed by atoms with Crippen molar-refractivity contribution in [1.29, 1.82) is 0 Å². The predicted octanol–water partition coefficient (Wildman–Crippen LogP) is 4.04. The molecule has 0 atom stereocenters. The van der Waals surface area contributed by atoms with Crippen LogP contribution >= 0.6 is 0 Å². The Bertz CT molecular complexity index is 376. The van der Waals surface area contributed by atoms with Gasteiger partial charge in [0.25, 0.3) is 0 Å². The number of rotatable bonds is 7. The van der Waals surface area contributed by atoms with Crippen molar-refractivity contribution in [3.05, 3.63) is 0 Å². The molecule has 8 heteroatoms. The van der Waals surface area contributed by atoms with Crippen molar-refractivity contribution in [2.75, 3.05) is 0 Å². The lowest BCUT2D eigenvalue weighted by Crippen LogP contribution is -2.37. The first kappa shape index (κ1) is 22.1. The zero-order chi connectivity index (χ0) is 18.5. The van der Waals surface area contributed by atoms with Crippen LogP contribution in [0.4, 0.5) is 4.79 Å². The van der Waals surface area contributed by atoms with Crippen LogP contribution in [0.1, 0.15) is 69.2 Å². The first-order chi connectivity index (χ1) is 10.0. The van der Waals surface area contributed by atoms with E-state index >= 15 is 0 Å². The lowest BCUT2D eigenvalue weighted by Gasteiger charge is -2.28. The summed E-state index contributed by atoms with van der Waals surface area (Å²) in [7, 11) is 0. The van der Waals surface area contributed by atoms with Gasteiger partial charge in [0, 0.05) is 13.8 Å².